The van der Waals surface area contributed by atoms with Crippen molar-refractivity contribution >= 4 is 5.91 Å². The van der Waals surface area contributed by atoms with Crippen LogP contribution in [0.2, 0.25) is 0 Å². The van der Waals surface area contributed by atoms with E-state index in [2.05, 4.69) is 28.5 Å². The highest BCUT2D eigenvalue weighted by Gasteiger charge is 2.22. The minimum absolute atomic E-state index is 0.00697. The highest BCUT2D eigenvalue weighted by Crippen LogP contribution is 2.28. The van der Waals surface area contributed by atoms with Crippen molar-refractivity contribution in [2.45, 2.75) is 51.0 Å². The van der Waals surface area contributed by atoms with Crippen molar-refractivity contribution in [2.75, 3.05) is 0 Å². The summed E-state index contributed by atoms with van der Waals surface area (Å²) in [4.78, 5) is 26.8. The normalized spacial score (nSPS) is 18.8. The van der Waals surface area contributed by atoms with Crippen LogP contribution in [0.1, 0.15) is 53.3 Å². The van der Waals surface area contributed by atoms with Crippen LogP contribution in [-0.2, 0) is 30.5 Å². The molecule has 1 aromatic heterocycles. The zero-order chi connectivity index (χ0) is 16.5. The average Bonchev–Trinajstić information content (AvgIpc) is 3.02. The Labute approximate surface area is 141 Å². The summed E-state index contributed by atoms with van der Waals surface area (Å²) in [6.45, 7) is 0. The van der Waals surface area contributed by atoms with Gasteiger partial charge in [-0.2, -0.15) is 0 Å². The second kappa shape index (κ2) is 6.27. The molecule has 1 aromatic carbocycles. The predicted molar refractivity (Wildman–Crippen MR) is 93.1 cm³/mol. The smallest absolute Gasteiger partial charge is 0.248 e. The molecular weight excluding hydrogens is 300 g/mol. The Hall–Kier alpha value is -2.36. The van der Waals surface area contributed by atoms with E-state index in [1.807, 2.05) is 6.07 Å². The number of H-pyrrole nitrogens is 1. The SMILES string of the molecule is O=C(Cc1ccc2c(c1)CCC2)N[C@@H]1CCCc2[nH]c(=O)ccc21. The molecule has 0 fully saturated rings. The molecule has 2 aliphatic rings. The Balaban J connectivity index is 1.46. The van der Waals surface area contributed by atoms with Crippen molar-refractivity contribution in [1.29, 1.82) is 0 Å². The fourth-order valence-electron chi connectivity index (χ4n) is 4.02. The van der Waals surface area contributed by atoms with E-state index in [-0.39, 0.29) is 17.5 Å². The maximum atomic E-state index is 12.5. The highest BCUT2D eigenvalue weighted by atomic mass is 16.1. The number of carbonyl (C=O) groups excluding carboxylic acids is 1. The van der Waals surface area contributed by atoms with Gasteiger partial charge in [-0.1, -0.05) is 18.2 Å². The van der Waals surface area contributed by atoms with Gasteiger partial charge in [0, 0.05) is 11.8 Å². The molecular formula is C20H22N2O2. The number of nitrogens with one attached hydrogen (secondary N) is 2. The zero-order valence-electron chi connectivity index (χ0n) is 13.7. The van der Waals surface area contributed by atoms with Crippen molar-refractivity contribution in [3.63, 3.8) is 0 Å². The molecule has 0 aliphatic heterocycles. The lowest BCUT2D eigenvalue weighted by Crippen LogP contribution is -2.33. The number of rotatable bonds is 3. The van der Waals surface area contributed by atoms with E-state index in [1.54, 1.807) is 6.07 Å². The van der Waals surface area contributed by atoms with Gasteiger partial charge in [0.25, 0.3) is 0 Å². The van der Waals surface area contributed by atoms with Gasteiger partial charge < -0.3 is 10.3 Å². The standard InChI is InChI=1S/C20H22N2O2/c23-19-10-9-16-17(21-19)5-2-6-18(16)22-20(24)12-13-7-8-14-3-1-4-15(14)11-13/h7-11,18H,1-6,12H2,(H,21,23)(H,22,24)/t18-/m1/s1. The molecule has 2 aromatic rings. The Kier molecular flexibility index (Phi) is 3.97. The Morgan fingerprint density at radius 1 is 1.08 bits per heavy atom. The van der Waals surface area contributed by atoms with Crippen LogP contribution >= 0.6 is 0 Å². The third-order valence-corrected chi connectivity index (χ3v) is 5.19. The molecule has 1 atom stereocenters. The number of amides is 1. The highest BCUT2D eigenvalue weighted by molar-refractivity contribution is 5.79. The van der Waals surface area contributed by atoms with Gasteiger partial charge in [0.15, 0.2) is 0 Å². The van der Waals surface area contributed by atoms with Gasteiger partial charge in [0.05, 0.1) is 12.5 Å². The second-order valence-electron chi connectivity index (χ2n) is 6.90. The third-order valence-electron chi connectivity index (χ3n) is 5.19. The number of hydrogen-bond donors (Lipinski definition) is 2. The number of hydrogen-bond acceptors (Lipinski definition) is 2. The number of benzene rings is 1. The molecule has 0 bridgehead atoms. The van der Waals surface area contributed by atoms with Gasteiger partial charge in [-0.15, -0.1) is 0 Å². The van der Waals surface area contributed by atoms with E-state index in [0.717, 1.165) is 42.5 Å². The second-order valence-corrected chi connectivity index (χ2v) is 6.90. The molecule has 24 heavy (non-hydrogen) atoms. The number of aromatic nitrogens is 1. The largest absolute Gasteiger partial charge is 0.349 e. The molecule has 124 valence electrons. The summed E-state index contributed by atoms with van der Waals surface area (Å²) in [5, 5.41) is 3.15. The molecule has 0 saturated carbocycles. The van der Waals surface area contributed by atoms with Crippen molar-refractivity contribution in [2.24, 2.45) is 0 Å². The monoisotopic (exact) mass is 322 g/mol. The first-order valence-corrected chi connectivity index (χ1v) is 8.81. The van der Waals surface area contributed by atoms with E-state index in [9.17, 15) is 9.59 Å². The number of pyridine rings is 1. The van der Waals surface area contributed by atoms with E-state index in [1.165, 1.54) is 24.0 Å². The molecule has 2 N–H and O–H groups in total. The minimum Gasteiger partial charge on any atom is -0.349 e. The molecule has 0 radical (unpaired) electrons. The van der Waals surface area contributed by atoms with E-state index in [4.69, 9.17) is 0 Å². The summed E-state index contributed by atoms with van der Waals surface area (Å²) >= 11 is 0. The molecule has 0 spiro atoms. The summed E-state index contributed by atoms with van der Waals surface area (Å²) in [5.41, 5.74) is 5.88. The molecule has 1 amide bonds. The Morgan fingerprint density at radius 3 is 2.88 bits per heavy atom. The quantitative estimate of drug-likeness (QED) is 0.912. The summed E-state index contributed by atoms with van der Waals surface area (Å²) in [5.74, 6) is 0.0528. The van der Waals surface area contributed by atoms with Crippen LogP contribution in [0.4, 0.5) is 0 Å². The first-order valence-electron chi connectivity index (χ1n) is 8.81. The molecule has 4 rings (SSSR count). The third kappa shape index (κ3) is 3.01. The number of carbonyl (C=O) groups is 1. The summed E-state index contributed by atoms with van der Waals surface area (Å²) in [6.07, 6.45) is 6.73. The maximum absolute atomic E-state index is 12.5. The number of aromatic amines is 1. The van der Waals surface area contributed by atoms with Gasteiger partial charge in [0.1, 0.15) is 0 Å². The lowest BCUT2D eigenvalue weighted by atomic mass is 9.91. The molecule has 1 heterocycles. The van der Waals surface area contributed by atoms with Crippen molar-refractivity contribution < 1.29 is 4.79 Å². The minimum atomic E-state index is -0.0705. The zero-order valence-corrected chi connectivity index (χ0v) is 13.7. The van der Waals surface area contributed by atoms with Gasteiger partial charge >= 0.3 is 0 Å². The Bertz CT molecular complexity index is 838. The molecule has 0 saturated heterocycles. The van der Waals surface area contributed by atoms with Crippen LogP contribution < -0.4 is 10.9 Å². The number of fused-ring (bicyclic) bond motifs is 2. The lowest BCUT2D eigenvalue weighted by molar-refractivity contribution is -0.121. The van der Waals surface area contributed by atoms with Crippen LogP contribution in [0.3, 0.4) is 0 Å². The molecule has 2 aliphatic carbocycles. The van der Waals surface area contributed by atoms with E-state index < -0.39 is 0 Å². The Morgan fingerprint density at radius 2 is 1.96 bits per heavy atom. The predicted octanol–water partition coefficient (Wildman–Crippen LogP) is 2.60. The van der Waals surface area contributed by atoms with E-state index >= 15 is 0 Å². The summed E-state index contributed by atoms with van der Waals surface area (Å²) < 4.78 is 0. The van der Waals surface area contributed by atoms with Gasteiger partial charge in [-0.3, -0.25) is 9.59 Å². The molecule has 4 heteroatoms. The van der Waals surface area contributed by atoms with Crippen LogP contribution in [0, 0.1) is 0 Å². The van der Waals surface area contributed by atoms with Crippen molar-refractivity contribution in [1.82, 2.24) is 10.3 Å². The van der Waals surface area contributed by atoms with E-state index in [0.29, 0.717) is 6.42 Å². The average molecular weight is 322 g/mol. The van der Waals surface area contributed by atoms with Crippen molar-refractivity contribution in [3.8, 4) is 0 Å². The molecule has 4 nitrogen and oxygen atoms in total. The van der Waals surface area contributed by atoms with Crippen LogP contribution in [0.15, 0.2) is 35.1 Å². The van der Waals surface area contributed by atoms with Crippen LogP contribution in [0.25, 0.3) is 0 Å². The topological polar surface area (TPSA) is 62.0 Å². The summed E-state index contributed by atoms with van der Waals surface area (Å²) in [7, 11) is 0. The fraction of sp³-hybridized carbons (Fsp3) is 0.400. The van der Waals surface area contributed by atoms with Crippen LogP contribution in [-0.4, -0.2) is 10.9 Å². The van der Waals surface area contributed by atoms with Crippen LogP contribution in [0.5, 0.6) is 0 Å². The van der Waals surface area contributed by atoms with Gasteiger partial charge in [-0.25, -0.2) is 0 Å². The van der Waals surface area contributed by atoms with Gasteiger partial charge in [-0.05, 0) is 66.8 Å². The fourth-order valence-corrected chi connectivity index (χ4v) is 4.02. The van der Waals surface area contributed by atoms with Gasteiger partial charge in [0.2, 0.25) is 11.5 Å². The number of aryl methyl sites for hydroxylation is 3. The maximum Gasteiger partial charge on any atom is 0.248 e. The van der Waals surface area contributed by atoms with Crippen molar-refractivity contribution in [3.05, 3.63) is 68.6 Å². The first-order chi connectivity index (χ1) is 11.7. The molecule has 0 unspecified atom stereocenters. The summed E-state index contributed by atoms with van der Waals surface area (Å²) in [6, 6.07) is 9.85. The lowest BCUT2D eigenvalue weighted by Gasteiger charge is -2.26. The first kappa shape index (κ1) is 15.2.